The molecule has 0 aromatic carbocycles. The van der Waals surface area contributed by atoms with E-state index < -0.39 is 0 Å². The Kier molecular flexibility index (Phi) is 5.53. The Hall–Kier alpha value is -2.87. The number of rotatable bonds is 6. The van der Waals surface area contributed by atoms with E-state index in [1.54, 1.807) is 16.2 Å². The number of fused-ring (bicyclic) bond motifs is 1. The summed E-state index contributed by atoms with van der Waals surface area (Å²) in [5, 5.41) is 5.07. The van der Waals surface area contributed by atoms with Gasteiger partial charge in [-0.1, -0.05) is 6.58 Å². The smallest absolute Gasteiger partial charge is 0.246 e. The molecule has 1 aliphatic heterocycles. The average Bonchev–Trinajstić information content (AvgIpc) is 3.33. The molecule has 152 valence electrons. The van der Waals surface area contributed by atoms with Gasteiger partial charge in [0, 0.05) is 36.4 Å². The number of carbonyl (C=O) groups is 1. The lowest BCUT2D eigenvalue weighted by Crippen LogP contribution is -2.43. The first-order chi connectivity index (χ1) is 14.1. The number of likely N-dealkylation sites (tertiary alicyclic amines) is 1. The zero-order valence-corrected chi connectivity index (χ0v) is 17.5. The first-order valence-electron chi connectivity index (χ1n) is 9.84. The minimum absolute atomic E-state index is 0.0527. The Morgan fingerprint density at radius 2 is 2.38 bits per heavy atom. The molecule has 3 aromatic heterocycles. The normalized spacial score (nSPS) is 16.8. The number of pyridine rings is 1. The molecule has 4 heterocycles. The van der Waals surface area contributed by atoms with E-state index in [0.717, 1.165) is 46.8 Å². The molecule has 8 heteroatoms. The quantitative estimate of drug-likeness (QED) is 0.618. The molecule has 0 bridgehead atoms. The van der Waals surface area contributed by atoms with Crippen LogP contribution in [0, 0.1) is 6.92 Å². The van der Waals surface area contributed by atoms with Crippen molar-refractivity contribution >= 4 is 39.1 Å². The summed E-state index contributed by atoms with van der Waals surface area (Å²) in [6, 6.07) is 4.06. The SMILES string of the molecule is C=CC(=O)N1CCC[C@H](Oc2nc(Nc3ncc(C)s3)cc3c2ccn3CC)C1. The van der Waals surface area contributed by atoms with Crippen molar-refractivity contribution in [3.8, 4) is 5.88 Å². The standard InChI is InChI=1S/C21H25N5O2S/c1-4-19(27)26-9-6-7-15(13-26)28-20-16-8-10-25(5-2)17(16)11-18(23-20)24-21-22-12-14(3)29-21/h4,8,10-12,15H,1,5-7,9,13H2,2-3H3,(H,22,23,24)/t15-/m0/s1. The van der Waals surface area contributed by atoms with Crippen LogP contribution < -0.4 is 10.1 Å². The maximum Gasteiger partial charge on any atom is 0.246 e. The molecule has 4 rings (SSSR count). The number of carbonyl (C=O) groups excluding carboxylic acids is 1. The predicted molar refractivity (Wildman–Crippen MR) is 116 cm³/mol. The molecular formula is C21H25N5O2S. The average molecular weight is 412 g/mol. The lowest BCUT2D eigenvalue weighted by atomic mass is 10.1. The van der Waals surface area contributed by atoms with Crippen LogP contribution in [0.3, 0.4) is 0 Å². The fourth-order valence-electron chi connectivity index (χ4n) is 3.63. The first kappa shape index (κ1) is 19.4. The summed E-state index contributed by atoms with van der Waals surface area (Å²) in [5.41, 5.74) is 1.06. The minimum Gasteiger partial charge on any atom is -0.472 e. The highest BCUT2D eigenvalue weighted by Gasteiger charge is 2.25. The van der Waals surface area contributed by atoms with Crippen molar-refractivity contribution in [3.05, 3.63) is 42.1 Å². The maximum atomic E-state index is 12.0. The van der Waals surface area contributed by atoms with Crippen molar-refractivity contribution in [1.82, 2.24) is 19.4 Å². The van der Waals surface area contributed by atoms with Gasteiger partial charge in [0.1, 0.15) is 11.9 Å². The van der Waals surface area contributed by atoms with Crippen molar-refractivity contribution in [2.75, 3.05) is 18.4 Å². The fraction of sp³-hybridized carbons (Fsp3) is 0.381. The second kappa shape index (κ2) is 8.24. The molecule has 1 aliphatic rings. The molecule has 0 spiro atoms. The van der Waals surface area contributed by atoms with Gasteiger partial charge in [-0.3, -0.25) is 4.79 Å². The van der Waals surface area contributed by atoms with Gasteiger partial charge in [0.05, 0.1) is 17.4 Å². The number of hydrogen-bond donors (Lipinski definition) is 1. The van der Waals surface area contributed by atoms with Gasteiger partial charge in [-0.2, -0.15) is 4.98 Å². The predicted octanol–water partition coefficient (Wildman–Crippen LogP) is 4.12. The number of nitrogens with zero attached hydrogens (tertiary/aromatic N) is 4. The molecule has 1 fully saturated rings. The van der Waals surface area contributed by atoms with E-state index in [9.17, 15) is 4.79 Å². The van der Waals surface area contributed by atoms with Crippen molar-refractivity contribution < 1.29 is 9.53 Å². The molecule has 0 radical (unpaired) electrons. The Bertz CT molecular complexity index is 1040. The van der Waals surface area contributed by atoms with E-state index in [-0.39, 0.29) is 12.0 Å². The van der Waals surface area contributed by atoms with Crippen LogP contribution in [0.5, 0.6) is 5.88 Å². The van der Waals surface area contributed by atoms with Crippen LogP contribution in [-0.2, 0) is 11.3 Å². The lowest BCUT2D eigenvalue weighted by molar-refractivity contribution is -0.128. The van der Waals surface area contributed by atoms with E-state index in [1.165, 1.54) is 6.08 Å². The number of ether oxygens (including phenoxy) is 1. The van der Waals surface area contributed by atoms with Gasteiger partial charge in [0.15, 0.2) is 5.13 Å². The van der Waals surface area contributed by atoms with E-state index >= 15 is 0 Å². The van der Waals surface area contributed by atoms with Gasteiger partial charge < -0.3 is 19.5 Å². The zero-order chi connectivity index (χ0) is 20.4. The van der Waals surface area contributed by atoms with Crippen LogP contribution in [0.4, 0.5) is 10.9 Å². The first-order valence-corrected chi connectivity index (χ1v) is 10.7. The number of aryl methyl sites for hydroxylation is 2. The number of amides is 1. The molecule has 0 unspecified atom stereocenters. The van der Waals surface area contributed by atoms with Gasteiger partial charge >= 0.3 is 0 Å². The van der Waals surface area contributed by atoms with Crippen molar-refractivity contribution in [1.29, 1.82) is 0 Å². The van der Waals surface area contributed by atoms with E-state index in [2.05, 4.69) is 28.4 Å². The van der Waals surface area contributed by atoms with Crippen LogP contribution in [0.2, 0.25) is 0 Å². The highest BCUT2D eigenvalue weighted by molar-refractivity contribution is 7.15. The van der Waals surface area contributed by atoms with E-state index in [0.29, 0.717) is 18.2 Å². The molecule has 1 amide bonds. The zero-order valence-electron chi connectivity index (χ0n) is 16.7. The molecule has 29 heavy (non-hydrogen) atoms. The minimum atomic E-state index is -0.0920. The number of piperidine rings is 1. The largest absolute Gasteiger partial charge is 0.472 e. The molecular weight excluding hydrogens is 386 g/mol. The Labute approximate surface area is 174 Å². The summed E-state index contributed by atoms with van der Waals surface area (Å²) in [7, 11) is 0. The van der Waals surface area contributed by atoms with Crippen molar-refractivity contribution in [2.24, 2.45) is 0 Å². The van der Waals surface area contributed by atoms with Gasteiger partial charge in [-0.15, -0.1) is 11.3 Å². The van der Waals surface area contributed by atoms with Crippen LogP contribution in [0.25, 0.3) is 10.9 Å². The Balaban J connectivity index is 1.64. The summed E-state index contributed by atoms with van der Waals surface area (Å²) < 4.78 is 8.49. The molecule has 0 saturated carbocycles. The molecule has 1 saturated heterocycles. The second-order valence-corrected chi connectivity index (χ2v) is 8.35. The van der Waals surface area contributed by atoms with Crippen molar-refractivity contribution in [3.63, 3.8) is 0 Å². The third-order valence-corrected chi connectivity index (χ3v) is 5.90. The maximum absolute atomic E-state index is 12.0. The molecule has 0 aliphatic carbocycles. The molecule has 7 nitrogen and oxygen atoms in total. The van der Waals surface area contributed by atoms with Crippen LogP contribution >= 0.6 is 11.3 Å². The van der Waals surface area contributed by atoms with Crippen LogP contribution in [0.15, 0.2) is 37.2 Å². The molecule has 1 atom stereocenters. The van der Waals surface area contributed by atoms with Gasteiger partial charge in [0.25, 0.3) is 0 Å². The summed E-state index contributed by atoms with van der Waals surface area (Å²) >= 11 is 1.58. The fourth-order valence-corrected chi connectivity index (χ4v) is 4.30. The lowest BCUT2D eigenvalue weighted by Gasteiger charge is -2.32. The third-order valence-electron chi connectivity index (χ3n) is 5.07. The van der Waals surface area contributed by atoms with Gasteiger partial charge in [0.2, 0.25) is 11.8 Å². The molecule has 1 N–H and O–H groups in total. The van der Waals surface area contributed by atoms with Crippen molar-refractivity contribution in [2.45, 2.75) is 39.3 Å². The van der Waals surface area contributed by atoms with Crippen LogP contribution in [0.1, 0.15) is 24.6 Å². The summed E-state index contributed by atoms with van der Waals surface area (Å²) in [6.45, 7) is 9.87. The Morgan fingerprint density at radius 1 is 1.52 bits per heavy atom. The topological polar surface area (TPSA) is 72.3 Å². The summed E-state index contributed by atoms with van der Waals surface area (Å²) in [4.78, 5) is 24.0. The highest BCUT2D eigenvalue weighted by atomic mass is 32.1. The number of thiazole rings is 1. The van der Waals surface area contributed by atoms with Gasteiger partial charge in [-0.05, 0) is 38.8 Å². The number of anilines is 2. The monoisotopic (exact) mass is 411 g/mol. The van der Waals surface area contributed by atoms with E-state index in [4.69, 9.17) is 9.72 Å². The number of nitrogens with one attached hydrogen (secondary N) is 1. The number of hydrogen-bond acceptors (Lipinski definition) is 6. The van der Waals surface area contributed by atoms with E-state index in [1.807, 2.05) is 31.5 Å². The highest BCUT2D eigenvalue weighted by Crippen LogP contribution is 2.31. The third kappa shape index (κ3) is 4.12. The number of aromatic nitrogens is 3. The summed E-state index contributed by atoms with van der Waals surface area (Å²) in [6.07, 6.45) is 6.95. The van der Waals surface area contributed by atoms with Crippen LogP contribution in [-0.4, -0.2) is 44.5 Å². The molecule has 3 aromatic rings. The Morgan fingerprint density at radius 3 is 3.10 bits per heavy atom. The summed E-state index contributed by atoms with van der Waals surface area (Å²) in [5.74, 6) is 1.23. The second-order valence-electron chi connectivity index (χ2n) is 7.12. The van der Waals surface area contributed by atoms with Gasteiger partial charge in [-0.25, -0.2) is 4.98 Å².